The Morgan fingerprint density at radius 1 is 1.41 bits per heavy atom. The van der Waals surface area contributed by atoms with Gasteiger partial charge < -0.3 is 15.0 Å². The summed E-state index contributed by atoms with van der Waals surface area (Å²) >= 11 is 0. The maximum Gasteiger partial charge on any atom is 0.230 e. The highest BCUT2D eigenvalue weighted by atomic mass is 16.5. The zero-order valence-electron chi connectivity index (χ0n) is 12.7. The lowest BCUT2D eigenvalue weighted by Gasteiger charge is -2.23. The highest BCUT2D eigenvalue weighted by Gasteiger charge is 2.38. The molecular formula is C16H21N3O3. The van der Waals surface area contributed by atoms with E-state index in [1.165, 1.54) is 12.8 Å². The van der Waals surface area contributed by atoms with Crippen LogP contribution in [0.4, 0.5) is 5.82 Å². The summed E-state index contributed by atoms with van der Waals surface area (Å²) in [5.41, 5.74) is 0. The number of rotatable bonds is 4. The molecule has 0 bridgehead atoms. The second-order valence-electron chi connectivity index (χ2n) is 5.96. The summed E-state index contributed by atoms with van der Waals surface area (Å²) < 4.78 is 5.11. The highest BCUT2D eigenvalue weighted by Crippen LogP contribution is 2.30. The van der Waals surface area contributed by atoms with Crippen LogP contribution >= 0.6 is 0 Å². The van der Waals surface area contributed by atoms with Gasteiger partial charge in [0.05, 0.1) is 13.0 Å². The molecule has 1 saturated carbocycles. The minimum absolute atomic E-state index is 0.102. The number of carbonyl (C=O) groups excluding carboxylic acids is 2. The van der Waals surface area contributed by atoms with Gasteiger partial charge in [0.15, 0.2) is 0 Å². The Labute approximate surface area is 129 Å². The summed E-state index contributed by atoms with van der Waals surface area (Å²) in [6.45, 7) is 0.527. The van der Waals surface area contributed by atoms with Gasteiger partial charge in [-0.2, -0.15) is 0 Å². The Morgan fingerprint density at radius 3 is 2.91 bits per heavy atom. The van der Waals surface area contributed by atoms with E-state index >= 15 is 0 Å². The van der Waals surface area contributed by atoms with Crippen molar-refractivity contribution in [3.8, 4) is 5.75 Å². The van der Waals surface area contributed by atoms with Crippen molar-refractivity contribution in [2.45, 2.75) is 38.1 Å². The summed E-state index contributed by atoms with van der Waals surface area (Å²) in [6.07, 6.45) is 6.37. The second-order valence-corrected chi connectivity index (χ2v) is 5.96. The molecule has 1 aliphatic heterocycles. The van der Waals surface area contributed by atoms with Crippen molar-refractivity contribution >= 4 is 17.6 Å². The fourth-order valence-electron chi connectivity index (χ4n) is 3.31. The van der Waals surface area contributed by atoms with Gasteiger partial charge in [0.25, 0.3) is 0 Å². The van der Waals surface area contributed by atoms with Crippen LogP contribution in [-0.2, 0) is 9.59 Å². The standard InChI is InChI=1S/C16H21N3O3/c1-22-13-6-7-17-14(9-13)18-16(21)11-8-15(20)19(10-11)12-4-2-3-5-12/h6-7,9,11-12H,2-5,8,10H2,1H3,(H,17,18,21). The number of likely N-dealkylation sites (tertiary alicyclic amines) is 1. The van der Waals surface area contributed by atoms with Crippen LogP contribution in [0.25, 0.3) is 0 Å². The number of methoxy groups -OCH3 is 1. The molecule has 118 valence electrons. The maximum absolute atomic E-state index is 12.3. The van der Waals surface area contributed by atoms with Gasteiger partial charge in [0, 0.05) is 31.3 Å². The van der Waals surface area contributed by atoms with E-state index in [4.69, 9.17) is 4.74 Å². The Hall–Kier alpha value is -2.11. The van der Waals surface area contributed by atoms with Gasteiger partial charge in [-0.1, -0.05) is 12.8 Å². The third kappa shape index (κ3) is 3.05. The third-order valence-corrected chi connectivity index (χ3v) is 4.51. The largest absolute Gasteiger partial charge is 0.497 e. The van der Waals surface area contributed by atoms with Crippen LogP contribution in [-0.4, -0.2) is 41.4 Å². The molecule has 0 aromatic carbocycles. The zero-order chi connectivity index (χ0) is 15.5. The first-order valence-electron chi connectivity index (χ1n) is 7.78. The van der Waals surface area contributed by atoms with Crippen LogP contribution in [0.5, 0.6) is 5.75 Å². The van der Waals surface area contributed by atoms with E-state index in [0.717, 1.165) is 12.8 Å². The molecule has 1 aliphatic carbocycles. The summed E-state index contributed by atoms with van der Waals surface area (Å²) in [7, 11) is 1.57. The molecule has 2 amide bonds. The van der Waals surface area contributed by atoms with Gasteiger partial charge >= 0.3 is 0 Å². The molecular weight excluding hydrogens is 282 g/mol. The summed E-state index contributed by atoms with van der Waals surface area (Å²) in [6, 6.07) is 3.72. The zero-order valence-corrected chi connectivity index (χ0v) is 12.7. The molecule has 1 atom stereocenters. The Kier molecular flexibility index (Phi) is 4.27. The molecule has 22 heavy (non-hydrogen) atoms. The Balaban J connectivity index is 1.62. The SMILES string of the molecule is COc1ccnc(NC(=O)C2CC(=O)N(C3CCCC3)C2)c1. The van der Waals surface area contributed by atoms with Crippen LogP contribution in [0, 0.1) is 5.92 Å². The fourth-order valence-corrected chi connectivity index (χ4v) is 3.31. The number of anilines is 1. The number of nitrogens with one attached hydrogen (secondary N) is 1. The van der Waals surface area contributed by atoms with Crippen molar-refractivity contribution in [2.24, 2.45) is 5.92 Å². The number of ether oxygens (including phenoxy) is 1. The van der Waals surface area contributed by atoms with Gasteiger partial charge in [0.2, 0.25) is 11.8 Å². The number of nitrogens with zero attached hydrogens (tertiary/aromatic N) is 2. The van der Waals surface area contributed by atoms with Gasteiger partial charge in [-0.25, -0.2) is 4.98 Å². The molecule has 3 rings (SSSR count). The van der Waals surface area contributed by atoms with Crippen LogP contribution in [0.1, 0.15) is 32.1 Å². The molecule has 1 aromatic heterocycles. The minimum Gasteiger partial charge on any atom is -0.497 e. The average molecular weight is 303 g/mol. The molecule has 1 unspecified atom stereocenters. The normalized spacial score (nSPS) is 22.1. The van der Waals surface area contributed by atoms with Crippen molar-refractivity contribution in [2.75, 3.05) is 19.0 Å². The quantitative estimate of drug-likeness (QED) is 0.921. The Bertz CT molecular complexity index is 570. The first-order valence-corrected chi connectivity index (χ1v) is 7.78. The van der Waals surface area contributed by atoms with Crippen LogP contribution < -0.4 is 10.1 Å². The predicted molar refractivity (Wildman–Crippen MR) is 81.5 cm³/mol. The second kappa shape index (κ2) is 6.34. The molecule has 2 fully saturated rings. The van der Waals surface area contributed by atoms with Crippen molar-refractivity contribution in [3.63, 3.8) is 0 Å². The predicted octanol–water partition coefficient (Wildman–Crippen LogP) is 1.82. The number of carbonyl (C=O) groups is 2. The van der Waals surface area contributed by atoms with Gasteiger partial charge in [0.1, 0.15) is 11.6 Å². The molecule has 1 aromatic rings. The number of amides is 2. The Morgan fingerprint density at radius 2 is 2.18 bits per heavy atom. The van der Waals surface area contributed by atoms with Crippen LogP contribution in [0.2, 0.25) is 0 Å². The van der Waals surface area contributed by atoms with Crippen molar-refractivity contribution < 1.29 is 14.3 Å². The molecule has 6 nitrogen and oxygen atoms in total. The number of aromatic nitrogens is 1. The van der Waals surface area contributed by atoms with E-state index in [9.17, 15) is 9.59 Å². The van der Waals surface area contributed by atoms with E-state index in [0.29, 0.717) is 30.6 Å². The molecule has 0 radical (unpaired) electrons. The molecule has 1 saturated heterocycles. The first kappa shape index (κ1) is 14.8. The monoisotopic (exact) mass is 303 g/mol. The van der Waals surface area contributed by atoms with Crippen molar-refractivity contribution in [3.05, 3.63) is 18.3 Å². The molecule has 1 N–H and O–H groups in total. The van der Waals surface area contributed by atoms with E-state index in [1.54, 1.807) is 25.4 Å². The van der Waals surface area contributed by atoms with E-state index in [1.807, 2.05) is 4.90 Å². The van der Waals surface area contributed by atoms with E-state index < -0.39 is 0 Å². The van der Waals surface area contributed by atoms with Crippen molar-refractivity contribution in [1.82, 2.24) is 9.88 Å². The number of hydrogen-bond donors (Lipinski definition) is 1. The average Bonchev–Trinajstić information content (AvgIpc) is 3.16. The maximum atomic E-state index is 12.3. The summed E-state index contributed by atoms with van der Waals surface area (Å²) in [5.74, 6) is 0.762. The lowest BCUT2D eigenvalue weighted by molar-refractivity contribution is -0.129. The van der Waals surface area contributed by atoms with Crippen LogP contribution in [0.15, 0.2) is 18.3 Å². The van der Waals surface area contributed by atoms with Crippen LogP contribution in [0.3, 0.4) is 0 Å². The first-order chi connectivity index (χ1) is 10.7. The van der Waals surface area contributed by atoms with Gasteiger partial charge in [-0.05, 0) is 18.9 Å². The number of pyridine rings is 1. The topological polar surface area (TPSA) is 71.5 Å². The third-order valence-electron chi connectivity index (χ3n) is 4.51. The van der Waals surface area contributed by atoms with Crippen molar-refractivity contribution in [1.29, 1.82) is 0 Å². The number of hydrogen-bond acceptors (Lipinski definition) is 4. The molecule has 2 heterocycles. The summed E-state index contributed by atoms with van der Waals surface area (Å²) in [5, 5.41) is 2.78. The lowest BCUT2D eigenvalue weighted by atomic mass is 10.1. The lowest BCUT2D eigenvalue weighted by Crippen LogP contribution is -2.35. The molecule has 6 heteroatoms. The minimum atomic E-state index is -0.291. The fraction of sp³-hybridized carbons (Fsp3) is 0.562. The van der Waals surface area contributed by atoms with Gasteiger partial charge in [-0.15, -0.1) is 0 Å². The summed E-state index contributed by atoms with van der Waals surface area (Å²) in [4.78, 5) is 30.5. The molecule has 0 spiro atoms. The smallest absolute Gasteiger partial charge is 0.230 e. The van der Waals surface area contributed by atoms with Gasteiger partial charge in [-0.3, -0.25) is 9.59 Å². The highest BCUT2D eigenvalue weighted by molar-refractivity contribution is 5.96. The van der Waals surface area contributed by atoms with E-state index in [2.05, 4.69) is 10.3 Å². The molecule has 2 aliphatic rings. The van der Waals surface area contributed by atoms with E-state index in [-0.39, 0.29) is 17.7 Å².